The number of amides is 1. The molecule has 0 bridgehead atoms. The van der Waals surface area contributed by atoms with Gasteiger partial charge in [0.15, 0.2) is 0 Å². The molecule has 2 heterocycles. The number of carbonyl (C=O) groups is 1. The summed E-state index contributed by atoms with van der Waals surface area (Å²) in [6.07, 6.45) is 0. The largest absolute Gasteiger partial charge is 0.353 e. The number of nitrogens with zero attached hydrogens (tertiary/aromatic N) is 3. The van der Waals surface area contributed by atoms with Crippen molar-refractivity contribution in [2.75, 3.05) is 23.4 Å². The fourth-order valence-corrected chi connectivity index (χ4v) is 2.42. The van der Waals surface area contributed by atoms with Crippen LogP contribution in [0.25, 0.3) is 10.9 Å². The Bertz CT molecular complexity index is 658. The van der Waals surface area contributed by atoms with Crippen LogP contribution in [0.4, 0.5) is 11.8 Å². The van der Waals surface area contributed by atoms with E-state index in [9.17, 15) is 4.79 Å². The molecule has 1 fully saturated rings. The second kappa shape index (κ2) is 4.93. The monoisotopic (exact) mass is 272 g/mol. The number of anilines is 2. The highest BCUT2D eigenvalue weighted by molar-refractivity contribution is 5.94. The molecule has 7 nitrogen and oxygen atoms in total. The molecule has 0 saturated carbocycles. The molecule has 4 N–H and O–H groups in total. The van der Waals surface area contributed by atoms with Crippen molar-refractivity contribution in [2.45, 2.75) is 13.0 Å². The number of carbonyl (C=O) groups excluding carboxylic acids is 1. The van der Waals surface area contributed by atoms with Gasteiger partial charge in [0.05, 0.1) is 5.52 Å². The van der Waals surface area contributed by atoms with Crippen molar-refractivity contribution in [1.82, 2.24) is 15.3 Å². The van der Waals surface area contributed by atoms with E-state index < -0.39 is 0 Å². The van der Waals surface area contributed by atoms with Crippen LogP contribution in [0.3, 0.4) is 0 Å². The molecule has 1 aliphatic rings. The molecule has 104 valence electrons. The van der Waals surface area contributed by atoms with E-state index in [1.807, 2.05) is 36.1 Å². The Morgan fingerprint density at radius 1 is 1.40 bits per heavy atom. The Morgan fingerprint density at radius 3 is 3.00 bits per heavy atom. The number of benzene rings is 1. The molecule has 0 spiro atoms. The summed E-state index contributed by atoms with van der Waals surface area (Å²) in [5, 5.41) is 3.75. The lowest BCUT2D eigenvalue weighted by Gasteiger charge is -2.34. The summed E-state index contributed by atoms with van der Waals surface area (Å²) in [5.74, 6) is 6.50. The van der Waals surface area contributed by atoms with Crippen LogP contribution in [-0.4, -0.2) is 35.0 Å². The molecule has 0 aliphatic carbocycles. The Labute approximate surface area is 116 Å². The number of para-hydroxylation sites is 1. The van der Waals surface area contributed by atoms with E-state index in [4.69, 9.17) is 5.84 Å². The van der Waals surface area contributed by atoms with Gasteiger partial charge in [-0.25, -0.2) is 10.8 Å². The third-order valence-electron chi connectivity index (χ3n) is 3.48. The fraction of sp³-hybridized carbons (Fsp3) is 0.308. The summed E-state index contributed by atoms with van der Waals surface area (Å²) in [6.45, 7) is 3.17. The fourth-order valence-electron chi connectivity index (χ4n) is 2.42. The Kier molecular flexibility index (Phi) is 3.11. The first-order chi connectivity index (χ1) is 9.70. The Morgan fingerprint density at radius 2 is 2.20 bits per heavy atom. The summed E-state index contributed by atoms with van der Waals surface area (Å²) < 4.78 is 0. The van der Waals surface area contributed by atoms with E-state index in [-0.39, 0.29) is 11.9 Å². The average molecular weight is 272 g/mol. The zero-order chi connectivity index (χ0) is 14.1. The number of hydrogen-bond acceptors (Lipinski definition) is 6. The lowest BCUT2D eigenvalue weighted by molar-refractivity contribution is -0.122. The molecule has 7 heteroatoms. The first-order valence-electron chi connectivity index (χ1n) is 6.48. The molecule has 1 aliphatic heterocycles. The lowest BCUT2D eigenvalue weighted by Crippen LogP contribution is -2.54. The number of nitrogens with two attached hydrogens (primary N) is 1. The van der Waals surface area contributed by atoms with Crippen molar-refractivity contribution in [1.29, 1.82) is 0 Å². The van der Waals surface area contributed by atoms with Gasteiger partial charge in [0, 0.05) is 18.5 Å². The summed E-state index contributed by atoms with van der Waals surface area (Å²) in [4.78, 5) is 22.6. The predicted molar refractivity (Wildman–Crippen MR) is 77.2 cm³/mol. The van der Waals surface area contributed by atoms with Gasteiger partial charge in [-0.2, -0.15) is 4.98 Å². The molecular formula is C13H16N6O. The maximum Gasteiger partial charge on any atom is 0.242 e. The van der Waals surface area contributed by atoms with E-state index in [0.29, 0.717) is 19.0 Å². The molecule has 1 aromatic carbocycles. The van der Waals surface area contributed by atoms with Gasteiger partial charge >= 0.3 is 0 Å². The highest BCUT2D eigenvalue weighted by atomic mass is 16.2. The molecular weight excluding hydrogens is 256 g/mol. The van der Waals surface area contributed by atoms with Gasteiger partial charge in [-0.3, -0.25) is 10.2 Å². The molecule has 0 radical (unpaired) electrons. The van der Waals surface area contributed by atoms with Crippen LogP contribution in [0.1, 0.15) is 6.92 Å². The lowest BCUT2D eigenvalue weighted by atomic mass is 10.1. The summed E-state index contributed by atoms with van der Waals surface area (Å²) in [7, 11) is 0. The van der Waals surface area contributed by atoms with E-state index in [1.165, 1.54) is 0 Å². The van der Waals surface area contributed by atoms with Crippen LogP contribution in [0.5, 0.6) is 0 Å². The van der Waals surface area contributed by atoms with Gasteiger partial charge in [-0.15, -0.1) is 0 Å². The first kappa shape index (κ1) is 12.6. The highest BCUT2D eigenvalue weighted by Gasteiger charge is 2.28. The van der Waals surface area contributed by atoms with Gasteiger partial charge in [0.2, 0.25) is 11.9 Å². The standard InChI is InChI=1S/C13H16N6O/c1-8-12(20)15-6-7-19(8)11-9-4-2-3-5-10(9)16-13(17-11)18-14/h2-5,8H,6-7,14H2,1H3,(H,15,20)(H,16,17,18). The second-order valence-corrected chi connectivity index (χ2v) is 4.69. The van der Waals surface area contributed by atoms with Crippen molar-refractivity contribution in [2.24, 2.45) is 5.84 Å². The van der Waals surface area contributed by atoms with E-state index in [1.54, 1.807) is 0 Å². The molecule has 1 amide bonds. The van der Waals surface area contributed by atoms with Gasteiger partial charge in [0.1, 0.15) is 11.9 Å². The number of aromatic nitrogens is 2. The summed E-state index contributed by atoms with van der Waals surface area (Å²) >= 11 is 0. The van der Waals surface area contributed by atoms with E-state index in [0.717, 1.165) is 16.7 Å². The molecule has 1 unspecified atom stereocenters. The molecule has 1 saturated heterocycles. The molecule has 1 atom stereocenters. The van der Waals surface area contributed by atoms with Crippen LogP contribution < -0.4 is 21.5 Å². The second-order valence-electron chi connectivity index (χ2n) is 4.69. The minimum absolute atomic E-state index is 0.00111. The number of nitrogen functional groups attached to an aromatic ring is 1. The van der Waals surface area contributed by atoms with Crippen LogP contribution in [-0.2, 0) is 4.79 Å². The topological polar surface area (TPSA) is 96.2 Å². The maximum atomic E-state index is 11.8. The van der Waals surface area contributed by atoms with Crippen molar-refractivity contribution in [3.8, 4) is 0 Å². The number of hydrazine groups is 1. The number of hydrogen-bond donors (Lipinski definition) is 3. The zero-order valence-electron chi connectivity index (χ0n) is 11.1. The van der Waals surface area contributed by atoms with Gasteiger partial charge in [-0.1, -0.05) is 12.1 Å². The quantitative estimate of drug-likeness (QED) is 0.535. The number of rotatable bonds is 2. The van der Waals surface area contributed by atoms with Crippen molar-refractivity contribution in [3.05, 3.63) is 24.3 Å². The molecule has 2 aromatic rings. The van der Waals surface area contributed by atoms with Gasteiger partial charge in [0.25, 0.3) is 0 Å². The van der Waals surface area contributed by atoms with Crippen LogP contribution in [0, 0.1) is 0 Å². The third-order valence-corrected chi connectivity index (χ3v) is 3.48. The van der Waals surface area contributed by atoms with E-state index >= 15 is 0 Å². The zero-order valence-corrected chi connectivity index (χ0v) is 11.1. The number of fused-ring (bicyclic) bond motifs is 1. The van der Waals surface area contributed by atoms with Crippen LogP contribution in [0.2, 0.25) is 0 Å². The van der Waals surface area contributed by atoms with E-state index in [2.05, 4.69) is 20.7 Å². The normalized spacial score (nSPS) is 19.0. The van der Waals surface area contributed by atoms with Crippen molar-refractivity contribution >= 4 is 28.6 Å². The smallest absolute Gasteiger partial charge is 0.242 e. The third kappa shape index (κ3) is 2.01. The summed E-state index contributed by atoms with van der Waals surface area (Å²) in [6, 6.07) is 7.42. The number of nitrogens with one attached hydrogen (secondary N) is 2. The highest BCUT2D eigenvalue weighted by Crippen LogP contribution is 2.27. The van der Waals surface area contributed by atoms with Crippen LogP contribution in [0.15, 0.2) is 24.3 Å². The predicted octanol–water partition coefficient (Wildman–Crippen LogP) is 0.240. The average Bonchev–Trinajstić information content (AvgIpc) is 2.49. The van der Waals surface area contributed by atoms with Crippen molar-refractivity contribution < 1.29 is 4.79 Å². The van der Waals surface area contributed by atoms with Gasteiger partial charge in [-0.05, 0) is 19.1 Å². The molecule has 3 rings (SSSR count). The van der Waals surface area contributed by atoms with Crippen molar-refractivity contribution in [3.63, 3.8) is 0 Å². The number of piperazine rings is 1. The Balaban J connectivity index is 2.16. The molecule has 1 aromatic heterocycles. The molecule has 20 heavy (non-hydrogen) atoms. The maximum absolute atomic E-state index is 11.8. The van der Waals surface area contributed by atoms with Gasteiger partial charge < -0.3 is 10.2 Å². The minimum Gasteiger partial charge on any atom is -0.353 e. The first-order valence-corrected chi connectivity index (χ1v) is 6.48. The SMILES string of the molecule is CC1C(=O)NCCN1c1nc(NN)nc2ccccc12. The minimum atomic E-state index is -0.271. The van der Waals surface area contributed by atoms with Crippen LogP contribution >= 0.6 is 0 Å². The Hall–Kier alpha value is -2.41. The summed E-state index contributed by atoms with van der Waals surface area (Å²) in [5.41, 5.74) is 3.27.